The van der Waals surface area contributed by atoms with Gasteiger partial charge >= 0.3 is 0 Å². The van der Waals surface area contributed by atoms with E-state index >= 15 is 0 Å². The first-order valence-corrected chi connectivity index (χ1v) is 4.19. The fraction of sp³-hybridized carbons (Fsp3) is 0. The van der Waals surface area contributed by atoms with E-state index in [-0.39, 0.29) is 11.5 Å². The van der Waals surface area contributed by atoms with Crippen LogP contribution in [-0.2, 0) is 0 Å². The Kier molecular flexibility index (Phi) is 1.38. The van der Waals surface area contributed by atoms with Gasteiger partial charge in [-0.15, -0.1) is 11.3 Å². The predicted octanol–water partition coefficient (Wildman–Crippen LogP) is 2.02. The van der Waals surface area contributed by atoms with Crippen molar-refractivity contribution in [1.82, 2.24) is 0 Å². The van der Waals surface area contributed by atoms with Gasteiger partial charge in [-0.2, -0.15) is 0 Å². The van der Waals surface area contributed by atoms with Gasteiger partial charge in [-0.05, 0) is 11.4 Å². The molecule has 0 aliphatic carbocycles. The molecule has 12 heavy (non-hydrogen) atoms. The molecule has 3 nitrogen and oxygen atoms in total. The zero-order chi connectivity index (χ0) is 8.72. The number of rotatable bonds is 0. The molecule has 0 aliphatic heterocycles. The number of aromatic hydroxyl groups is 3. The van der Waals surface area contributed by atoms with Crippen LogP contribution >= 0.6 is 11.3 Å². The highest BCUT2D eigenvalue weighted by molar-refractivity contribution is 7.17. The number of hydrogen-bond acceptors (Lipinski definition) is 4. The Morgan fingerprint density at radius 3 is 2.58 bits per heavy atom. The van der Waals surface area contributed by atoms with Crippen LogP contribution in [0.25, 0.3) is 10.1 Å². The van der Waals surface area contributed by atoms with Crippen LogP contribution in [0.15, 0.2) is 17.5 Å². The van der Waals surface area contributed by atoms with Crippen LogP contribution in [0.1, 0.15) is 0 Å². The fourth-order valence-electron chi connectivity index (χ4n) is 1.07. The second-order valence-corrected chi connectivity index (χ2v) is 3.37. The number of phenols is 3. The van der Waals surface area contributed by atoms with Crippen molar-refractivity contribution in [3.63, 3.8) is 0 Å². The molecule has 2 rings (SSSR count). The number of fused-ring (bicyclic) bond motifs is 1. The average Bonchev–Trinajstić information content (AvgIpc) is 2.48. The monoisotopic (exact) mass is 182 g/mol. The third kappa shape index (κ3) is 0.816. The van der Waals surface area contributed by atoms with E-state index in [1.807, 2.05) is 0 Å². The van der Waals surface area contributed by atoms with Crippen molar-refractivity contribution >= 4 is 21.4 Å². The Hall–Kier alpha value is -1.42. The minimum Gasteiger partial charge on any atom is -0.504 e. The number of thiophene rings is 1. The van der Waals surface area contributed by atoms with E-state index in [4.69, 9.17) is 10.2 Å². The third-order valence-electron chi connectivity index (χ3n) is 1.69. The molecule has 0 saturated heterocycles. The first kappa shape index (κ1) is 7.24. The van der Waals surface area contributed by atoms with E-state index in [2.05, 4.69) is 0 Å². The second kappa shape index (κ2) is 2.28. The van der Waals surface area contributed by atoms with Crippen LogP contribution in [0, 0.1) is 0 Å². The van der Waals surface area contributed by atoms with Gasteiger partial charge < -0.3 is 15.3 Å². The van der Waals surface area contributed by atoms with Crippen LogP contribution < -0.4 is 0 Å². The number of hydrogen-bond donors (Lipinski definition) is 3. The molecule has 2 aromatic rings. The van der Waals surface area contributed by atoms with E-state index in [0.29, 0.717) is 5.39 Å². The Morgan fingerprint density at radius 1 is 1.08 bits per heavy atom. The lowest BCUT2D eigenvalue weighted by atomic mass is 10.2. The molecule has 3 N–H and O–H groups in total. The van der Waals surface area contributed by atoms with Gasteiger partial charge in [0.15, 0.2) is 11.5 Å². The maximum Gasteiger partial charge on any atom is 0.201 e. The molecule has 4 heteroatoms. The van der Waals surface area contributed by atoms with Crippen LogP contribution in [0.2, 0.25) is 0 Å². The molecule has 0 aliphatic rings. The van der Waals surface area contributed by atoms with Crippen LogP contribution in [0.4, 0.5) is 0 Å². The molecule has 1 aromatic heterocycles. The van der Waals surface area contributed by atoms with Crippen molar-refractivity contribution in [3.8, 4) is 17.2 Å². The highest BCUT2D eigenvalue weighted by Crippen LogP contribution is 2.42. The maximum absolute atomic E-state index is 9.32. The summed E-state index contributed by atoms with van der Waals surface area (Å²) < 4.78 is 0.753. The molecule has 0 spiro atoms. The number of benzene rings is 1. The van der Waals surface area contributed by atoms with Gasteiger partial charge in [0.05, 0.1) is 0 Å². The molecular formula is C8H6O3S. The summed E-state index contributed by atoms with van der Waals surface area (Å²) in [6.45, 7) is 0. The standard InChI is InChI=1S/C8H6O3S/c9-5-3-6-4(1-2-12-6)7(10)8(5)11/h1-3,9-11H. The molecule has 0 atom stereocenters. The fourth-order valence-corrected chi connectivity index (χ4v) is 1.89. The lowest BCUT2D eigenvalue weighted by molar-refractivity contribution is 0.371. The minimum atomic E-state index is -0.457. The smallest absolute Gasteiger partial charge is 0.201 e. The van der Waals surface area contributed by atoms with E-state index in [0.717, 1.165) is 4.70 Å². The van der Waals surface area contributed by atoms with E-state index in [9.17, 15) is 5.11 Å². The van der Waals surface area contributed by atoms with Crippen molar-refractivity contribution in [2.24, 2.45) is 0 Å². The van der Waals surface area contributed by atoms with Gasteiger partial charge in [0, 0.05) is 16.2 Å². The summed E-state index contributed by atoms with van der Waals surface area (Å²) in [6, 6.07) is 3.11. The summed E-state index contributed by atoms with van der Waals surface area (Å²) in [4.78, 5) is 0. The van der Waals surface area contributed by atoms with Crippen molar-refractivity contribution in [3.05, 3.63) is 17.5 Å². The summed E-state index contributed by atoms with van der Waals surface area (Å²) in [5.41, 5.74) is 0. The lowest BCUT2D eigenvalue weighted by Crippen LogP contribution is -1.71. The molecule has 0 saturated carbocycles. The molecule has 1 heterocycles. The molecule has 0 unspecified atom stereocenters. The largest absolute Gasteiger partial charge is 0.504 e. The first-order valence-electron chi connectivity index (χ1n) is 3.31. The molecule has 0 bridgehead atoms. The van der Waals surface area contributed by atoms with Gasteiger partial charge in [0.2, 0.25) is 5.75 Å². The van der Waals surface area contributed by atoms with E-state index in [1.54, 1.807) is 11.4 Å². The molecule has 1 aromatic carbocycles. The van der Waals surface area contributed by atoms with Gasteiger partial charge in [0.1, 0.15) is 0 Å². The topological polar surface area (TPSA) is 60.7 Å². The Bertz CT molecular complexity index is 433. The lowest BCUT2D eigenvalue weighted by Gasteiger charge is -2.00. The van der Waals surface area contributed by atoms with Crippen molar-refractivity contribution in [1.29, 1.82) is 0 Å². The van der Waals surface area contributed by atoms with Gasteiger partial charge in [-0.3, -0.25) is 0 Å². The van der Waals surface area contributed by atoms with Crippen molar-refractivity contribution in [2.75, 3.05) is 0 Å². The number of phenolic OH excluding ortho intramolecular Hbond substituents is 3. The molecular weight excluding hydrogens is 176 g/mol. The molecule has 0 radical (unpaired) electrons. The zero-order valence-electron chi connectivity index (χ0n) is 5.98. The van der Waals surface area contributed by atoms with Gasteiger partial charge in [-0.25, -0.2) is 0 Å². The van der Waals surface area contributed by atoms with Crippen molar-refractivity contribution in [2.45, 2.75) is 0 Å². The normalized spacial score (nSPS) is 10.7. The van der Waals surface area contributed by atoms with Crippen LogP contribution in [-0.4, -0.2) is 15.3 Å². The molecule has 0 amide bonds. The summed E-state index contributed by atoms with van der Waals surface area (Å²) in [6.07, 6.45) is 0. The zero-order valence-corrected chi connectivity index (χ0v) is 6.80. The highest BCUT2D eigenvalue weighted by atomic mass is 32.1. The van der Waals surface area contributed by atoms with Crippen LogP contribution in [0.5, 0.6) is 17.2 Å². The maximum atomic E-state index is 9.32. The van der Waals surface area contributed by atoms with Crippen molar-refractivity contribution < 1.29 is 15.3 Å². The predicted molar refractivity (Wildman–Crippen MR) is 46.8 cm³/mol. The van der Waals surface area contributed by atoms with Gasteiger partial charge in [-0.1, -0.05) is 0 Å². The first-order chi connectivity index (χ1) is 5.70. The summed E-state index contributed by atoms with van der Waals surface area (Å²) >= 11 is 1.39. The summed E-state index contributed by atoms with van der Waals surface area (Å²) in [5, 5.41) is 29.9. The molecule has 62 valence electrons. The second-order valence-electron chi connectivity index (χ2n) is 2.43. The minimum absolute atomic E-state index is 0.258. The van der Waals surface area contributed by atoms with Gasteiger partial charge in [0.25, 0.3) is 0 Å². The highest BCUT2D eigenvalue weighted by Gasteiger charge is 2.10. The Balaban J connectivity index is 2.94. The van der Waals surface area contributed by atoms with E-state index < -0.39 is 5.75 Å². The Morgan fingerprint density at radius 2 is 1.83 bits per heavy atom. The van der Waals surface area contributed by atoms with Crippen LogP contribution in [0.3, 0.4) is 0 Å². The molecule has 0 fully saturated rings. The summed E-state index contributed by atoms with van der Waals surface area (Å²) in [5.74, 6) is -1.00. The van der Waals surface area contributed by atoms with E-state index in [1.165, 1.54) is 17.4 Å². The third-order valence-corrected chi connectivity index (χ3v) is 2.55. The average molecular weight is 182 g/mol. The SMILES string of the molecule is Oc1cc2sccc2c(O)c1O. The Labute approximate surface area is 72.1 Å². The summed E-state index contributed by atoms with van der Waals surface area (Å²) in [7, 11) is 0. The quantitative estimate of drug-likeness (QED) is 0.546.